The van der Waals surface area contributed by atoms with Crippen LogP contribution in [0.15, 0.2) is 30.7 Å². The van der Waals surface area contributed by atoms with Crippen LogP contribution in [0, 0.1) is 6.92 Å². The quantitative estimate of drug-likeness (QED) is 0.808. The summed E-state index contributed by atoms with van der Waals surface area (Å²) >= 11 is 0. The highest BCUT2D eigenvalue weighted by Crippen LogP contribution is 2.06. The number of nitrogens with zero attached hydrogens (tertiary/aromatic N) is 3. The van der Waals surface area contributed by atoms with E-state index in [-0.39, 0.29) is 0 Å². The molecular weight excluding hydrogens is 202 g/mol. The third kappa shape index (κ3) is 2.66. The minimum atomic E-state index is 0.409. The fourth-order valence-corrected chi connectivity index (χ4v) is 1.26. The molecule has 2 rings (SSSR count). The topological polar surface area (TPSA) is 76.7 Å². The van der Waals surface area contributed by atoms with Crippen molar-refractivity contribution < 1.29 is 0 Å². The predicted octanol–water partition coefficient (Wildman–Crippen LogP) is 1.37. The molecule has 0 aliphatic carbocycles. The molecule has 0 radical (unpaired) electrons. The first-order valence-corrected chi connectivity index (χ1v) is 4.97. The van der Waals surface area contributed by atoms with Crippen LogP contribution < -0.4 is 11.1 Å². The second-order valence-corrected chi connectivity index (χ2v) is 3.49. The summed E-state index contributed by atoms with van der Waals surface area (Å²) in [6.45, 7) is 2.62. The molecule has 2 aromatic heterocycles. The summed E-state index contributed by atoms with van der Waals surface area (Å²) < 4.78 is 0. The third-order valence-corrected chi connectivity index (χ3v) is 2.10. The number of pyridine rings is 1. The number of nitrogen functional groups attached to an aromatic ring is 1. The van der Waals surface area contributed by atoms with Crippen molar-refractivity contribution >= 4 is 11.6 Å². The van der Waals surface area contributed by atoms with E-state index in [1.54, 1.807) is 6.20 Å². The van der Waals surface area contributed by atoms with Gasteiger partial charge in [0.2, 0.25) is 0 Å². The van der Waals surface area contributed by atoms with Gasteiger partial charge in [0.1, 0.15) is 11.6 Å². The lowest BCUT2D eigenvalue weighted by Gasteiger charge is -2.05. The summed E-state index contributed by atoms with van der Waals surface area (Å²) in [6.07, 6.45) is 4.98. The fraction of sp³-hybridized carbons (Fsp3) is 0.182. The van der Waals surface area contributed by atoms with Crippen molar-refractivity contribution in [2.75, 3.05) is 11.1 Å². The van der Waals surface area contributed by atoms with Gasteiger partial charge in [0.05, 0.1) is 12.4 Å². The summed E-state index contributed by atoms with van der Waals surface area (Å²) in [4.78, 5) is 12.2. The van der Waals surface area contributed by atoms with Crippen molar-refractivity contribution in [1.29, 1.82) is 0 Å². The Hall–Kier alpha value is -2.17. The Morgan fingerprint density at radius 2 is 2.12 bits per heavy atom. The molecule has 2 heterocycles. The molecule has 3 N–H and O–H groups in total. The highest BCUT2D eigenvalue weighted by molar-refractivity contribution is 5.38. The normalized spacial score (nSPS) is 10.1. The van der Waals surface area contributed by atoms with E-state index in [1.165, 1.54) is 6.20 Å². The smallest absolute Gasteiger partial charge is 0.147 e. The Bertz CT molecular complexity index is 466. The summed E-state index contributed by atoms with van der Waals surface area (Å²) in [5, 5.41) is 3.13. The summed E-state index contributed by atoms with van der Waals surface area (Å²) in [5.74, 6) is 1.08. The highest BCUT2D eigenvalue weighted by atomic mass is 15.0. The Morgan fingerprint density at radius 1 is 1.25 bits per heavy atom. The number of rotatable bonds is 3. The first-order chi connectivity index (χ1) is 7.74. The van der Waals surface area contributed by atoms with Crippen LogP contribution in [0.5, 0.6) is 0 Å². The maximum atomic E-state index is 5.52. The Morgan fingerprint density at radius 3 is 2.81 bits per heavy atom. The van der Waals surface area contributed by atoms with Gasteiger partial charge in [-0.2, -0.15) is 0 Å². The van der Waals surface area contributed by atoms with E-state index in [1.807, 2.05) is 25.3 Å². The van der Waals surface area contributed by atoms with Crippen LogP contribution >= 0.6 is 0 Å². The standard InChI is InChI=1S/C11H13N5/c1-8-2-3-9(4-14-8)5-15-11-7-13-6-10(12)16-11/h2-4,6-7H,5H2,1H3,(H3,12,15,16). The zero-order valence-corrected chi connectivity index (χ0v) is 9.01. The van der Waals surface area contributed by atoms with Gasteiger partial charge in [0.15, 0.2) is 0 Å². The average Bonchev–Trinajstić information content (AvgIpc) is 2.28. The number of aryl methyl sites for hydroxylation is 1. The Kier molecular flexibility index (Phi) is 2.95. The molecule has 0 amide bonds. The van der Waals surface area contributed by atoms with Gasteiger partial charge in [-0.1, -0.05) is 6.07 Å². The van der Waals surface area contributed by atoms with Crippen molar-refractivity contribution in [3.63, 3.8) is 0 Å². The second-order valence-electron chi connectivity index (χ2n) is 3.49. The molecule has 0 saturated heterocycles. The number of hydrogen-bond donors (Lipinski definition) is 2. The van der Waals surface area contributed by atoms with Crippen LogP contribution in [0.2, 0.25) is 0 Å². The SMILES string of the molecule is Cc1ccc(CNc2cncc(N)n2)cn1. The minimum Gasteiger partial charge on any atom is -0.382 e. The predicted molar refractivity (Wildman–Crippen MR) is 62.7 cm³/mol. The highest BCUT2D eigenvalue weighted by Gasteiger charge is 1.96. The molecule has 0 spiro atoms. The van der Waals surface area contributed by atoms with Gasteiger partial charge in [0.25, 0.3) is 0 Å². The van der Waals surface area contributed by atoms with E-state index in [0.29, 0.717) is 18.2 Å². The maximum Gasteiger partial charge on any atom is 0.147 e. The van der Waals surface area contributed by atoms with Crippen LogP contribution in [0.1, 0.15) is 11.3 Å². The Balaban J connectivity index is 1.99. The maximum absolute atomic E-state index is 5.52. The zero-order valence-electron chi connectivity index (χ0n) is 9.01. The molecular formula is C11H13N5. The monoisotopic (exact) mass is 215 g/mol. The lowest BCUT2D eigenvalue weighted by atomic mass is 10.2. The van der Waals surface area contributed by atoms with Gasteiger partial charge >= 0.3 is 0 Å². The third-order valence-electron chi connectivity index (χ3n) is 2.10. The van der Waals surface area contributed by atoms with Crippen molar-refractivity contribution in [3.05, 3.63) is 42.0 Å². The largest absolute Gasteiger partial charge is 0.382 e. The van der Waals surface area contributed by atoms with Crippen LogP contribution in [-0.4, -0.2) is 15.0 Å². The lowest BCUT2D eigenvalue weighted by molar-refractivity contribution is 1.06. The molecule has 82 valence electrons. The molecule has 0 atom stereocenters. The van der Waals surface area contributed by atoms with Crippen molar-refractivity contribution in [3.8, 4) is 0 Å². The number of aromatic nitrogens is 3. The van der Waals surface area contributed by atoms with Gasteiger partial charge in [-0.05, 0) is 18.6 Å². The molecule has 0 fully saturated rings. The van der Waals surface area contributed by atoms with Gasteiger partial charge in [-0.15, -0.1) is 0 Å². The number of anilines is 2. The molecule has 0 saturated carbocycles. The number of nitrogens with two attached hydrogens (primary N) is 1. The van der Waals surface area contributed by atoms with E-state index in [4.69, 9.17) is 5.73 Å². The van der Waals surface area contributed by atoms with Gasteiger partial charge in [-0.3, -0.25) is 9.97 Å². The average molecular weight is 215 g/mol. The van der Waals surface area contributed by atoms with E-state index in [2.05, 4.69) is 20.3 Å². The molecule has 2 aromatic rings. The van der Waals surface area contributed by atoms with Crippen molar-refractivity contribution in [1.82, 2.24) is 15.0 Å². The lowest BCUT2D eigenvalue weighted by Crippen LogP contribution is -2.03. The summed E-state index contributed by atoms with van der Waals surface area (Å²) in [7, 11) is 0. The van der Waals surface area contributed by atoms with Crippen LogP contribution in [0.4, 0.5) is 11.6 Å². The zero-order chi connectivity index (χ0) is 11.4. The summed E-state index contributed by atoms with van der Waals surface area (Å²) in [5.41, 5.74) is 7.62. The van der Waals surface area contributed by atoms with Gasteiger partial charge in [-0.25, -0.2) is 4.98 Å². The Labute approximate surface area is 93.8 Å². The van der Waals surface area contributed by atoms with Crippen LogP contribution in [0.3, 0.4) is 0 Å². The van der Waals surface area contributed by atoms with E-state index in [0.717, 1.165) is 11.3 Å². The van der Waals surface area contributed by atoms with Crippen LogP contribution in [0.25, 0.3) is 0 Å². The molecule has 0 unspecified atom stereocenters. The molecule has 0 aromatic carbocycles. The van der Waals surface area contributed by atoms with E-state index >= 15 is 0 Å². The van der Waals surface area contributed by atoms with E-state index in [9.17, 15) is 0 Å². The molecule has 5 heteroatoms. The molecule has 0 bridgehead atoms. The minimum absolute atomic E-state index is 0.409. The number of hydrogen-bond acceptors (Lipinski definition) is 5. The first-order valence-electron chi connectivity index (χ1n) is 4.97. The molecule has 0 aliphatic heterocycles. The first kappa shape index (κ1) is 10.4. The fourth-order valence-electron chi connectivity index (χ4n) is 1.26. The molecule has 0 aliphatic rings. The molecule has 16 heavy (non-hydrogen) atoms. The van der Waals surface area contributed by atoms with Crippen LogP contribution in [-0.2, 0) is 6.54 Å². The summed E-state index contributed by atoms with van der Waals surface area (Å²) in [6, 6.07) is 4.00. The van der Waals surface area contributed by atoms with Crippen molar-refractivity contribution in [2.24, 2.45) is 0 Å². The van der Waals surface area contributed by atoms with Gasteiger partial charge < -0.3 is 11.1 Å². The number of nitrogens with one attached hydrogen (secondary N) is 1. The second kappa shape index (κ2) is 4.57. The van der Waals surface area contributed by atoms with Gasteiger partial charge in [0, 0.05) is 18.4 Å². The molecule has 5 nitrogen and oxygen atoms in total. The van der Waals surface area contributed by atoms with E-state index < -0.39 is 0 Å². The van der Waals surface area contributed by atoms with Crippen molar-refractivity contribution in [2.45, 2.75) is 13.5 Å².